The summed E-state index contributed by atoms with van der Waals surface area (Å²) in [4.78, 5) is 22.0. The molecule has 3 heterocycles. The number of fused-ring (bicyclic) bond motifs is 1. The summed E-state index contributed by atoms with van der Waals surface area (Å²) in [6, 6.07) is 14.6. The van der Waals surface area contributed by atoms with E-state index in [0.29, 0.717) is 45.1 Å². The fourth-order valence-electron chi connectivity index (χ4n) is 3.31. The first kappa shape index (κ1) is 20.0. The van der Waals surface area contributed by atoms with Gasteiger partial charge in [0.25, 0.3) is 0 Å². The summed E-state index contributed by atoms with van der Waals surface area (Å²) in [6.45, 7) is 3.54. The minimum Gasteiger partial charge on any atom is -0.465 e. The monoisotopic (exact) mass is 416 g/mol. The van der Waals surface area contributed by atoms with E-state index in [1.807, 2.05) is 37.3 Å². The third-order valence-corrected chi connectivity index (χ3v) is 4.97. The van der Waals surface area contributed by atoms with Crippen LogP contribution in [0.2, 0.25) is 0 Å². The number of aryl methyl sites for hydroxylation is 1. The van der Waals surface area contributed by atoms with E-state index in [4.69, 9.17) is 5.21 Å². The van der Waals surface area contributed by atoms with Crippen LogP contribution in [-0.2, 0) is 0 Å². The van der Waals surface area contributed by atoms with Crippen LogP contribution in [-0.4, -0.2) is 48.9 Å². The first-order valence-corrected chi connectivity index (χ1v) is 9.48. The van der Waals surface area contributed by atoms with Crippen molar-refractivity contribution < 1.29 is 15.1 Å². The molecule has 0 aliphatic rings. The number of rotatable bonds is 4. The summed E-state index contributed by atoms with van der Waals surface area (Å²) in [7, 11) is 1.48. The Labute approximate surface area is 177 Å². The highest BCUT2D eigenvalue weighted by atomic mass is 16.4. The van der Waals surface area contributed by atoms with Crippen molar-refractivity contribution in [1.29, 1.82) is 0 Å². The number of hydrogen-bond acceptors (Lipinski definition) is 6. The molecule has 9 heteroatoms. The molecule has 31 heavy (non-hydrogen) atoms. The molecular weight excluding hydrogens is 396 g/mol. The molecule has 0 aliphatic carbocycles. The maximum atomic E-state index is 11.7. The van der Waals surface area contributed by atoms with Gasteiger partial charge in [0, 0.05) is 23.7 Å². The molecule has 0 fully saturated rings. The molecule has 2 N–H and O–H groups in total. The molecule has 0 radical (unpaired) electrons. The lowest BCUT2D eigenvalue weighted by Crippen LogP contribution is -2.24. The Morgan fingerprint density at radius 1 is 1.13 bits per heavy atom. The molecule has 0 unspecified atom stereocenters. The summed E-state index contributed by atoms with van der Waals surface area (Å²) in [5, 5.41) is 27.0. The predicted molar refractivity (Wildman–Crippen MR) is 117 cm³/mol. The van der Waals surface area contributed by atoms with E-state index in [1.165, 1.54) is 7.05 Å². The summed E-state index contributed by atoms with van der Waals surface area (Å²) in [5.74, 6) is 0.626. The number of carbonyl (C=O) groups is 1. The zero-order chi connectivity index (χ0) is 22.1. The van der Waals surface area contributed by atoms with Gasteiger partial charge in [-0.3, -0.25) is 4.90 Å². The third-order valence-electron chi connectivity index (χ3n) is 4.97. The van der Waals surface area contributed by atoms with Gasteiger partial charge in [-0.1, -0.05) is 17.3 Å². The molecule has 1 aromatic carbocycles. The van der Waals surface area contributed by atoms with Gasteiger partial charge in [-0.05, 0) is 50.2 Å². The SMILES string of the molecule is CC(=NO)c1cccc(-c2cc(N(C)C(=O)O)c3cnn(-c4cccc(C)n4)c3c2)n1. The Bertz CT molecular complexity index is 1330. The van der Waals surface area contributed by atoms with Crippen molar-refractivity contribution in [2.24, 2.45) is 5.16 Å². The van der Waals surface area contributed by atoms with Gasteiger partial charge in [0.1, 0.15) is 5.71 Å². The summed E-state index contributed by atoms with van der Waals surface area (Å²) in [6.07, 6.45) is 0.537. The summed E-state index contributed by atoms with van der Waals surface area (Å²) >= 11 is 0. The van der Waals surface area contributed by atoms with Crippen LogP contribution in [0, 0.1) is 6.92 Å². The molecule has 0 bridgehead atoms. The Morgan fingerprint density at radius 3 is 2.61 bits per heavy atom. The molecular formula is C22H20N6O3. The zero-order valence-electron chi connectivity index (χ0n) is 17.2. The maximum Gasteiger partial charge on any atom is 0.411 e. The molecule has 1 amide bonds. The van der Waals surface area contributed by atoms with Crippen LogP contribution in [0.15, 0.2) is 59.9 Å². The van der Waals surface area contributed by atoms with Gasteiger partial charge in [-0.15, -0.1) is 0 Å². The molecule has 4 rings (SSSR count). The lowest BCUT2D eigenvalue weighted by atomic mass is 10.1. The number of carboxylic acid groups (broad SMARTS) is 1. The molecule has 0 atom stereocenters. The first-order valence-electron chi connectivity index (χ1n) is 9.48. The van der Waals surface area contributed by atoms with E-state index in [0.717, 1.165) is 10.6 Å². The second kappa shape index (κ2) is 7.86. The van der Waals surface area contributed by atoms with Crippen LogP contribution in [0.3, 0.4) is 0 Å². The van der Waals surface area contributed by atoms with E-state index in [1.54, 1.807) is 36.0 Å². The van der Waals surface area contributed by atoms with Crippen molar-refractivity contribution in [2.45, 2.75) is 13.8 Å². The summed E-state index contributed by atoms with van der Waals surface area (Å²) < 4.78 is 1.68. The topological polar surface area (TPSA) is 117 Å². The Hall–Kier alpha value is -4.27. The quantitative estimate of drug-likeness (QED) is 0.294. The second-order valence-corrected chi connectivity index (χ2v) is 7.06. The Morgan fingerprint density at radius 2 is 1.90 bits per heavy atom. The van der Waals surface area contributed by atoms with Gasteiger partial charge in [-0.2, -0.15) is 5.10 Å². The van der Waals surface area contributed by atoms with Crippen molar-refractivity contribution in [3.63, 3.8) is 0 Å². The average molecular weight is 416 g/mol. The molecule has 0 saturated carbocycles. The number of hydrogen-bond donors (Lipinski definition) is 2. The molecule has 156 valence electrons. The highest BCUT2D eigenvalue weighted by Gasteiger charge is 2.19. The minimum atomic E-state index is -1.09. The minimum absolute atomic E-state index is 0.375. The van der Waals surface area contributed by atoms with Crippen LogP contribution in [0.5, 0.6) is 0 Å². The van der Waals surface area contributed by atoms with Gasteiger partial charge >= 0.3 is 6.09 Å². The smallest absolute Gasteiger partial charge is 0.411 e. The number of pyridine rings is 2. The molecule has 9 nitrogen and oxygen atoms in total. The molecule has 4 aromatic rings. The van der Waals surface area contributed by atoms with Crippen molar-refractivity contribution in [3.05, 3.63) is 66.1 Å². The lowest BCUT2D eigenvalue weighted by Gasteiger charge is -2.16. The molecule has 0 spiro atoms. The predicted octanol–water partition coefficient (Wildman–Crippen LogP) is 4.10. The van der Waals surface area contributed by atoms with Crippen LogP contribution in [0.25, 0.3) is 28.0 Å². The number of benzene rings is 1. The normalized spacial score (nSPS) is 11.6. The fraction of sp³-hybridized carbons (Fsp3) is 0.136. The highest BCUT2D eigenvalue weighted by Crippen LogP contribution is 2.33. The van der Waals surface area contributed by atoms with E-state index in [-0.39, 0.29) is 0 Å². The number of oxime groups is 1. The average Bonchev–Trinajstić information content (AvgIpc) is 3.21. The standard InChI is InChI=1S/C22H20N6O3/c1-13-6-4-9-21(24-13)28-20-11-15(18-8-5-7-17(25-18)14(2)26-31)10-19(16(20)12-23-28)27(3)22(29)30/h4-12,31H,1-3H3,(H,29,30). The van der Waals surface area contributed by atoms with Gasteiger partial charge < -0.3 is 10.3 Å². The number of amides is 1. The summed E-state index contributed by atoms with van der Waals surface area (Å²) in [5.41, 5.74) is 4.19. The number of nitrogens with zero attached hydrogens (tertiary/aromatic N) is 6. The highest BCUT2D eigenvalue weighted by molar-refractivity contribution is 6.02. The van der Waals surface area contributed by atoms with E-state index in [2.05, 4.69) is 20.2 Å². The van der Waals surface area contributed by atoms with Crippen molar-refractivity contribution in [3.8, 4) is 17.1 Å². The largest absolute Gasteiger partial charge is 0.465 e. The van der Waals surface area contributed by atoms with Crippen molar-refractivity contribution >= 4 is 28.4 Å². The second-order valence-electron chi connectivity index (χ2n) is 7.06. The number of anilines is 1. The van der Waals surface area contributed by atoms with Gasteiger partial charge in [0.2, 0.25) is 0 Å². The van der Waals surface area contributed by atoms with Crippen molar-refractivity contribution in [1.82, 2.24) is 19.7 Å². The van der Waals surface area contributed by atoms with Crippen LogP contribution in [0.4, 0.5) is 10.5 Å². The van der Waals surface area contributed by atoms with Gasteiger partial charge in [-0.25, -0.2) is 19.4 Å². The number of aromatic nitrogens is 4. The van der Waals surface area contributed by atoms with Crippen LogP contribution >= 0.6 is 0 Å². The Kier molecular flexibility index (Phi) is 5.08. The van der Waals surface area contributed by atoms with E-state index >= 15 is 0 Å². The van der Waals surface area contributed by atoms with E-state index < -0.39 is 6.09 Å². The lowest BCUT2D eigenvalue weighted by molar-refractivity contribution is 0.203. The molecule has 0 saturated heterocycles. The van der Waals surface area contributed by atoms with Gasteiger partial charge in [0.05, 0.1) is 28.8 Å². The molecule has 3 aromatic heterocycles. The first-order chi connectivity index (χ1) is 14.9. The van der Waals surface area contributed by atoms with Gasteiger partial charge in [0.15, 0.2) is 5.82 Å². The van der Waals surface area contributed by atoms with Crippen molar-refractivity contribution in [2.75, 3.05) is 11.9 Å². The molecule has 0 aliphatic heterocycles. The third kappa shape index (κ3) is 3.68. The Balaban J connectivity index is 1.98. The fourth-order valence-corrected chi connectivity index (χ4v) is 3.31. The van der Waals surface area contributed by atoms with E-state index in [9.17, 15) is 9.90 Å². The maximum absolute atomic E-state index is 11.7. The zero-order valence-corrected chi connectivity index (χ0v) is 17.2. The van der Waals surface area contributed by atoms with Crippen LogP contribution in [0.1, 0.15) is 18.3 Å². The van der Waals surface area contributed by atoms with Crippen LogP contribution < -0.4 is 4.90 Å².